The summed E-state index contributed by atoms with van der Waals surface area (Å²) in [5.41, 5.74) is 1.44. The van der Waals surface area contributed by atoms with Gasteiger partial charge in [-0.2, -0.15) is 0 Å². The summed E-state index contributed by atoms with van der Waals surface area (Å²) < 4.78 is 38.0. The van der Waals surface area contributed by atoms with Crippen LogP contribution in [-0.4, -0.2) is 85.8 Å². The average molecular weight is 577 g/mol. The van der Waals surface area contributed by atoms with E-state index in [1.807, 2.05) is 30.3 Å². The van der Waals surface area contributed by atoms with E-state index in [2.05, 4.69) is 30.9 Å². The molecular formula is C23H28N7O9P. The number of hydrogen-bond donors (Lipinski definition) is 5. The van der Waals surface area contributed by atoms with Crippen LogP contribution in [0, 0.1) is 0 Å². The first-order chi connectivity index (χ1) is 19.3. The molecule has 6 atom stereocenters. The fourth-order valence-electron chi connectivity index (χ4n) is 4.44. The SMILES string of the molecule is CCNC(=O)Nc1ncnc2c1ncn2[C@@H]1O[C@H](COP(=O)(O)CNCC(=O)O)C2O[C@H](c3ccccc3)O[C@@H]21. The van der Waals surface area contributed by atoms with Crippen molar-refractivity contribution in [1.82, 2.24) is 30.2 Å². The van der Waals surface area contributed by atoms with Crippen LogP contribution >= 0.6 is 7.60 Å². The number of nitrogens with zero attached hydrogens (tertiary/aromatic N) is 4. The fraction of sp³-hybridized carbons (Fsp3) is 0.435. The van der Waals surface area contributed by atoms with Gasteiger partial charge in [0.15, 0.2) is 29.5 Å². The van der Waals surface area contributed by atoms with Gasteiger partial charge in [-0.3, -0.25) is 24.6 Å². The summed E-state index contributed by atoms with van der Waals surface area (Å²) in [6.07, 6.45) is -1.59. The molecular weight excluding hydrogens is 549 g/mol. The molecule has 2 saturated heterocycles. The maximum absolute atomic E-state index is 12.5. The van der Waals surface area contributed by atoms with Gasteiger partial charge >= 0.3 is 19.6 Å². The molecule has 40 heavy (non-hydrogen) atoms. The Morgan fingerprint density at radius 1 is 1.12 bits per heavy atom. The van der Waals surface area contributed by atoms with Gasteiger partial charge in [-0.15, -0.1) is 0 Å². The van der Waals surface area contributed by atoms with Crippen molar-refractivity contribution in [2.45, 2.75) is 37.8 Å². The number of aromatic nitrogens is 4. The first kappa shape index (κ1) is 28.0. The number of carbonyl (C=O) groups is 2. The van der Waals surface area contributed by atoms with Gasteiger partial charge < -0.3 is 34.1 Å². The third-order valence-electron chi connectivity index (χ3n) is 6.15. The van der Waals surface area contributed by atoms with Crippen molar-refractivity contribution in [2.24, 2.45) is 0 Å². The van der Waals surface area contributed by atoms with Gasteiger partial charge in [0.05, 0.1) is 25.8 Å². The number of carboxylic acid groups (broad SMARTS) is 1. The summed E-state index contributed by atoms with van der Waals surface area (Å²) in [6.45, 7) is 1.37. The molecule has 5 rings (SSSR count). The molecule has 2 amide bonds. The van der Waals surface area contributed by atoms with Gasteiger partial charge in [-0.25, -0.2) is 19.7 Å². The zero-order chi connectivity index (χ0) is 28.3. The Kier molecular flexibility index (Phi) is 8.37. The van der Waals surface area contributed by atoms with E-state index in [1.165, 1.54) is 12.7 Å². The minimum atomic E-state index is -4.19. The monoisotopic (exact) mass is 577 g/mol. The van der Waals surface area contributed by atoms with Crippen LogP contribution in [-0.2, 0) is 28.1 Å². The van der Waals surface area contributed by atoms with Gasteiger partial charge in [-0.1, -0.05) is 30.3 Å². The number of rotatable bonds is 11. The second-order valence-corrected chi connectivity index (χ2v) is 10.8. The number of carboxylic acids is 1. The molecule has 2 aliphatic heterocycles. The standard InChI is InChI=1S/C23H28N7O9P/c1-2-25-23(33)29-19-16-20(27-10-26-19)30(11-28-16)21-18-17(38-22(39-18)13-6-4-3-5-7-13)14(37-21)9-36-40(34,35)12-24-8-15(31)32/h3-7,10-11,14,17-18,21-22,24H,2,8-9,12H2,1H3,(H,31,32)(H,34,35)(H2,25,26,27,29,33)/t14-,17?,18+,21-,22+/m1/s1. The van der Waals surface area contributed by atoms with E-state index < -0.39 is 63.3 Å². The number of urea groups is 1. The second kappa shape index (κ2) is 11.9. The number of hydrogen-bond acceptors (Lipinski definition) is 11. The van der Waals surface area contributed by atoms with Crippen LogP contribution in [0.15, 0.2) is 43.0 Å². The van der Waals surface area contributed by atoms with Crippen LogP contribution in [0.5, 0.6) is 0 Å². The number of anilines is 1. The second-order valence-electron chi connectivity index (χ2n) is 8.95. The maximum Gasteiger partial charge on any atom is 0.341 e. The van der Waals surface area contributed by atoms with Crippen molar-refractivity contribution >= 4 is 36.6 Å². The Morgan fingerprint density at radius 2 is 1.90 bits per heavy atom. The number of aliphatic carboxylic acids is 1. The van der Waals surface area contributed by atoms with Gasteiger partial charge in [-0.05, 0) is 6.92 Å². The molecule has 2 unspecified atom stereocenters. The maximum atomic E-state index is 12.5. The lowest BCUT2D eigenvalue weighted by molar-refractivity contribution is -0.152. The molecule has 0 bridgehead atoms. The highest BCUT2D eigenvalue weighted by Gasteiger charge is 2.54. The Balaban J connectivity index is 1.39. The highest BCUT2D eigenvalue weighted by molar-refractivity contribution is 7.52. The molecule has 2 fully saturated rings. The topological polar surface area (TPSA) is 208 Å². The van der Waals surface area contributed by atoms with Crippen LogP contribution in [0.3, 0.4) is 0 Å². The van der Waals surface area contributed by atoms with Crippen LogP contribution in [0.2, 0.25) is 0 Å². The predicted molar refractivity (Wildman–Crippen MR) is 137 cm³/mol. The van der Waals surface area contributed by atoms with E-state index in [9.17, 15) is 19.0 Å². The van der Waals surface area contributed by atoms with Crippen LogP contribution in [0.25, 0.3) is 11.2 Å². The molecule has 17 heteroatoms. The smallest absolute Gasteiger partial charge is 0.341 e. The lowest BCUT2D eigenvalue weighted by atomic mass is 10.1. The van der Waals surface area contributed by atoms with Crippen molar-refractivity contribution < 1.29 is 42.9 Å². The summed E-state index contributed by atoms with van der Waals surface area (Å²) in [7, 11) is -4.19. The van der Waals surface area contributed by atoms with Crippen LogP contribution in [0.4, 0.5) is 10.6 Å². The van der Waals surface area contributed by atoms with E-state index in [4.69, 9.17) is 23.8 Å². The predicted octanol–water partition coefficient (Wildman–Crippen LogP) is 1.18. The van der Waals surface area contributed by atoms with Crippen molar-refractivity contribution in [3.8, 4) is 0 Å². The van der Waals surface area contributed by atoms with Crippen LogP contribution in [0.1, 0.15) is 25.0 Å². The van der Waals surface area contributed by atoms with Crippen molar-refractivity contribution in [1.29, 1.82) is 0 Å². The highest BCUT2D eigenvalue weighted by atomic mass is 31.2. The van der Waals surface area contributed by atoms with Crippen molar-refractivity contribution in [3.05, 3.63) is 48.5 Å². The molecule has 16 nitrogen and oxygen atoms in total. The zero-order valence-electron chi connectivity index (χ0n) is 21.2. The number of benzene rings is 1. The van der Waals surface area contributed by atoms with Gasteiger partial charge in [0.25, 0.3) is 0 Å². The fourth-order valence-corrected chi connectivity index (χ4v) is 5.31. The van der Waals surface area contributed by atoms with Crippen molar-refractivity contribution in [3.63, 3.8) is 0 Å². The molecule has 0 spiro atoms. The normalized spacial score (nSPS) is 25.4. The number of imidazole rings is 1. The largest absolute Gasteiger partial charge is 0.480 e. The number of ether oxygens (including phenoxy) is 3. The molecule has 1 aromatic carbocycles. The number of amides is 2. The van der Waals surface area contributed by atoms with Gasteiger partial charge in [0.1, 0.15) is 24.6 Å². The van der Waals surface area contributed by atoms with Gasteiger partial charge in [0, 0.05) is 12.1 Å². The lowest BCUT2D eigenvalue weighted by Crippen LogP contribution is -2.32. The Hall–Kier alpha value is -3.50. The Morgan fingerprint density at radius 3 is 2.65 bits per heavy atom. The van der Waals surface area contributed by atoms with E-state index in [1.54, 1.807) is 11.5 Å². The third kappa shape index (κ3) is 6.13. The molecule has 0 saturated carbocycles. The highest BCUT2D eigenvalue weighted by Crippen LogP contribution is 2.47. The number of carbonyl (C=O) groups excluding carboxylic acids is 1. The molecule has 3 aromatic rings. The first-order valence-corrected chi connectivity index (χ1v) is 14.1. The Bertz CT molecular complexity index is 1410. The summed E-state index contributed by atoms with van der Waals surface area (Å²) in [4.78, 5) is 45.7. The molecule has 0 aliphatic carbocycles. The molecule has 2 aliphatic rings. The molecule has 214 valence electrons. The van der Waals surface area contributed by atoms with E-state index >= 15 is 0 Å². The number of fused-ring (bicyclic) bond motifs is 2. The zero-order valence-corrected chi connectivity index (χ0v) is 22.1. The average Bonchev–Trinajstić information content (AvgIpc) is 3.62. The number of nitrogens with one attached hydrogen (secondary N) is 3. The van der Waals surface area contributed by atoms with Crippen LogP contribution < -0.4 is 16.0 Å². The lowest BCUT2D eigenvalue weighted by Gasteiger charge is -2.22. The molecule has 5 N–H and O–H groups in total. The van der Waals surface area contributed by atoms with E-state index in [0.717, 1.165) is 5.56 Å². The minimum absolute atomic E-state index is 0.199. The first-order valence-electron chi connectivity index (χ1n) is 12.4. The summed E-state index contributed by atoms with van der Waals surface area (Å²) in [5.74, 6) is -0.973. The summed E-state index contributed by atoms with van der Waals surface area (Å²) >= 11 is 0. The van der Waals surface area contributed by atoms with Crippen molar-refractivity contribution in [2.75, 3.05) is 31.3 Å². The van der Waals surface area contributed by atoms with Gasteiger partial charge in [0.2, 0.25) is 0 Å². The molecule has 4 heterocycles. The van der Waals surface area contributed by atoms with E-state index in [0.29, 0.717) is 17.7 Å². The molecule has 2 aromatic heterocycles. The minimum Gasteiger partial charge on any atom is -0.480 e. The summed E-state index contributed by atoms with van der Waals surface area (Å²) in [6, 6.07) is 8.81. The summed E-state index contributed by atoms with van der Waals surface area (Å²) in [5, 5.41) is 16.4. The van der Waals surface area contributed by atoms with E-state index in [-0.39, 0.29) is 12.4 Å². The quantitative estimate of drug-likeness (QED) is 0.203. The molecule has 0 radical (unpaired) electrons. The Labute approximate surface area is 227 Å². The third-order valence-corrected chi connectivity index (χ3v) is 7.33.